The van der Waals surface area contributed by atoms with Crippen molar-refractivity contribution in [2.45, 2.75) is 24.4 Å². The van der Waals surface area contributed by atoms with E-state index in [-0.39, 0.29) is 5.82 Å². The average molecular weight is 263 g/mol. The molecule has 4 N–H and O–H groups in total. The van der Waals surface area contributed by atoms with Gasteiger partial charge in [0, 0.05) is 6.20 Å². The van der Waals surface area contributed by atoms with E-state index in [2.05, 4.69) is 9.72 Å². The van der Waals surface area contributed by atoms with Crippen LogP contribution >= 0.6 is 0 Å². The van der Waals surface area contributed by atoms with Crippen LogP contribution in [0.1, 0.15) is 6.23 Å². The summed E-state index contributed by atoms with van der Waals surface area (Å²) in [7, 11) is 0. The van der Waals surface area contributed by atoms with Gasteiger partial charge in [-0.3, -0.25) is 4.57 Å². The van der Waals surface area contributed by atoms with Crippen molar-refractivity contribution in [3.8, 4) is 0 Å². The zero-order valence-corrected chi connectivity index (χ0v) is 9.03. The summed E-state index contributed by atoms with van der Waals surface area (Å²) in [5, 5.41) is 18.2. The van der Waals surface area contributed by atoms with Gasteiger partial charge in [0.25, 0.3) is 5.85 Å². The molecule has 1 fully saturated rings. The Morgan fingerprint density at radius 2 is 2.33 bits per heavy atom. The van der Waals surface area contributed by atoms with Crippen molar-refractivity contribution in [3.63, 3.8) is 0 Å². The van der Waals surface area contributed by atoms with Gasteiger partial charge in [-0.2, -0.15) is 4.98 Å². The lowest BCUT2D eigenvalue weighted by atomic mass is 10.1. The number of halogens is 2. The molecule has 1 aromatic rings. The summed E-state index contributed by atoms with van der Waals surface area (Å²) in [4.78, 5) is 14.8. The first-order chi connectivity index (χ1) is 8.39. The number of anilines is 1. The summed E-state index contributed by atoms with van der Waals surface area (Å²) in [5.74, 6) is -3.13. The van der Waals surface area contributed by atoms with Gasteiger partial charge < -0.3 is 20.7 Å². The number of hydrogen-bond acceptors (Lipinski definition) is 6. The number of ether oxygens (including phenoxy) is 1. The first-order valence-electron chi connectivity index (χ1n) is 5.03. The third-order valence-corrected chi connectivity index (χ3v) is 2.66. The maximum atomic E-state index is 13.7. The van der Waals surface area contributed by atoms with E-state index in [4.69, 9.17) is 10.8 Å². The van der Waals surface area contributed by atoms with Crippen molar-refractivity contribution in [2.24, 2.45) is 0 Å². The summed E-state index contributed by atoms with van der Waals surface area (Å²) in [6.45, 7) is -1.28. The zero-order valence-electron chi connectivity index (χ0n) is 9.03. The second kappa shape index (κ2) is 4.26. The Labute approximate surface area is 99.4 Å². The molecule has 0 unspecified atom stereocenters. The second-order valence-corrected chi connectivity index (χ2v) is 3.89. The number of aromatic nitrogens is 2. The molecule has 0 amide bonds. The van der Waals surface area contributed by atoms with Crippen molar-refractivity contribution in [2.75, 3.05) is 12.3 Å². The molecule has 0 spiro atoms. The van der Waals surface area contributed by atoms with Crippen LogP contribution in [-0.4, -0.2) is 44.5 Å². The molecule has 7 nitrogen and oxygen atoms in total. The fraction of sp³-hybridized carbons (Fsp3) is 0.556. The van der Waals surface area contributed by atoms with E-state index in [1.165, 1.54) is 6.07 Å². The van der Waals surface area contributed by atoms with Gasteiger partial charge in [-0.15, -0.1) is 0 Å². The Hall–Kier alpha value is -1.58. The number of nitrogens with two attached hydrogens (primary N) is 1. The number of nitrogen functional groups attached to an aromatic ring is 1. The maximum absolute atomic E-state index is 13.7. The molecule has 0 saturated carbocycles. The van der Waals surface area contributed by atoms with Crippen LogP contribution in [0, 0.1) is 0 Å². The number of aliphatic hydroxyl groups is 2. The standard InChI is InChI=1S/C9H11F2N3O4/c10-6-5(16)7(18-9(6,11)3-15)14-2-1-4(12)13-8(14)17/h1-2,5-7,15-16H,3H2,(H2,12,13,17)/t5-,6+,7-,9-/m1/s1. The minimum absolute atomic E-state index is 0.0748. The SMILES string of the molecule is Nc1ccn([C@@H]2O[C@](F)(CO)[C@@H](F)[C@H]2O)c(=O)n1. The Morgan fingerprint density at radius 1 is 1.67 bits per heavy atom. The van der Waals surface area contributed by atoms with E-state index in [0.717, 1.165) is 6.20 Å². The summed E-state index contributed by atoms with van der Waals surface area (Å²) in [6.07, 6.45) is -4.94. The van der Waals surface area contributed by atoms with E-state index in [1.54, 1.807) is 0 Å². The van der Waals surface area contributed by atoms with Gasteiger partial charge in [-0.05, 0) is 6.07 Å². The molecule has 4 atom stereocenters. The second-order valence-electron chi connectivity index (χ2n) is 3.89. The highest BCUT2D eigenvalue weighted by Gasteiger charge is 2.57. The molecule has 0 aliphatic carbocycles. The van der Waals surface area contributed by atoms with E-state index in [0.29, 0.717) is 4.57 Å². The normalized spacial score (nSPS) is 35.9. The van der Waals surface area contributed by atoms with Crippen molar-refractivity contribution in [1.29, 1.82) is 0 Å². The predicted molar refractivity (Wildman–Crippen MR) is 54.9 cm³/mol. The molecule has 0 bridgehead atoms. The van der Waals surface area contributed by atoms with Crippen LogP contribution in [0.4, 0.5) is 14.6 Å². The van der Waals surface area contributed by atoms with Gasteiger partial charge in [-0.1, -0.05) is 0 Å². The average Bonchev–Trinajstić information content (AvgIpc) is 2.55. The molecule has 9 heteroatoms. The molecular weight excluding hydrogens is 252 g/mol. The molecule has 2 heterocycles. The third kappa shape index (κ3) is 1.85. The van der Waals surface area contributed by atoms with Gasteiger partial charge in [0.2, 0.25) is 0 Å². The van der Waals surface area contributed by atoms with Crippen LogP contribution in [0.2, 0.25) is 0 Å². The number of alkyl halides is 2. The molecule has 0 aromatic carbocycles. The van der Waals surface area contributed by atoms with Gasteiger partial charge in [0.1, 0.15) is 18.5 Å². The minimum atomic E-state index is -3.05. The number of hydrogen-bond donors (Lipinski definition) is 3. The van der Waals surface area contributed by atoms with E-state index < -0.39 is 36.7 Å². The van der Waals surface area contributed by atoms with E-state index in [9.17, 15) is 18.7 Å². The van der Waals surface area contributed by atoms with E-state index in [1.807, 2.05) is 0 Å². The molecule has 1 aromatic heterocycles. The summed E-state index contributed by atoms with van der Waals surface area (Å²) >= 11 is 0. The Morgan fingerprint density at radius 3 is 2.83 bits per heavy atom. The van der Waals surface area contributed by atoms with Crippen LogP contribution in [-0.2, 0) is 4.74 Å². The molecule has 0 radical (unpaired) electrons. The van der Waals surface area contributed by atoms with Crippen molar-refractivity contribution in [3.05, 3.63) is 22.7 Å². The number of nitrogens with zero attached hydrogens (tertiary/aromatic N) is 2. The highest BCUT2D eigenvalue weighted by molar-refractivity contribution is 5.23. The Bertz CT molecular complexity index is 511. The first-order valence-corrected chi connectivity index (χ1v) is 5.03. The Kier molecular flexibility index (Phi) is 3.05. The first kappa shape index (κ1) is 12.9. The van der Waals surface area contributed by atoms with Crippen LogP contribution in [0.15, 0.2) is 17.1 Å². The largest absolute Gasteiger partial charge is 0.390 e. The summed E-state index contributed by atoms with van der Waals surface area (Å²) in [5.41, 5.74) is 4.33. The fourth-order valence-corrected chi connectivity index (χ4v) is 1.70. The monoisotopic (exact) mass is 263 g/mol. The van der Waals surface area contributed by atoms with Crippen molar-refractivity contribution < 1.29 is 23.7 Å². The van der Waals surface area contributed by atoms with Gasteiger partial charge in [0.15, 0.2) is 12.4 Å². The number of aliphatic hydroxyl groups excluding tert-OH is 2. The van der Waals surface area contributed by atoms with Crippen molar-refractivity contribution >= 4 is 5.82 Å². The molecular formula is C9H11F2N3O4. The highest BCUT2D eigenvalue weighted by atomic mass is 19.2. The Balaban J connectivity index is 2.38. The molecule has 1 aliphatic heterocycles. The lowest BCUT2D eigenvalue weighted by Gasteiger charge is -2.18. The number of rotatable bonds is 2. The lowest BCUT2D eigenvalue weighted by Crippen LogP contribution is -2.39. The molecule has 2 rings (SSSR count). The van der Waals surface area contributed by atoms with Gasteiger partial charge in [-0.25, -0.2) is 13.6 Å². The highest BCUT2D eigenvalue weighted by Crippen LogP contribution is 2.39. The van der Waals surface area contributed by atoms with Crippen LogP contribution in [0.5, 0.6) is 0 Å². The van der Waals surface area contributed by atoms with Crippen LogP contribution < -0.4 is 11.4 Å². The predicted octanol–water partition coefficient (Wildman–Crippen LogP) is -1.29. The van der Waals surface area contributed by atoms with Gasteiger partial charge >= 0.3 is 5.69 Å². The lowest BCUT2D eigenvalue weighted by molar-refractivity contribution is -0.196. The van der Waals surface area contributed by atoms with Crippen LogP contribution in [0.3, 0.4) is 0 Å². The zero-order chi connectivity index (χ0) is 13.5. The van der Waals surface area contributed by atoms with Crippen LogP contribution in [0.25, 0.3) is 0 Å². The third-order valence-electron chi connectivity index (χ3n) is 2.66. The van der Waals surface area contributed by atoms with Crippen molar-refractivity contribution in [1.82, 2.24) is 9.55 Å². The molecule has 1 saturated heterocycles. The molecule has 18 heavy (non-hydrogen) atoms. The molecule has 100 valence electrons. The van der Waals surface area contributed by atoms with Gasteiger partial charge in [0.05, 0.1) is 0 Å². The van der Waals surface area contributed by atoms with E-state index >= 15 is 0 Å². The maximum Gasteiger partial charge on any atom is 0.351 e. The quantitative estimate of drug-likeness (QED) is 0.612. The topological polar surface area (TPSA) is 111 Å². The minimum Gasteiger partial charge on any atom is -0.390 e. The smallest absolute Gasteiger partial charge is 0.351 e. The summed E-state index contributed by atoms with van der Waals surface area (Å²) < 4.78 is 32.4. The fourth-order valence-electron chi connectivity index (χ4n) is 1.70. The molecule has 1 aliphatic rings. The summed E-state index contributed by atoms with van der Waals surface area (Å²) in [6, 6.07) is 1.21.